The minimum atomic E-state index is -3.13. The Kier molecular flexibility index (Phi) is 4.62. The van der Waals surface area contributed by atoms with Crippen molar-refractivity contribution in [3.8, 4) is 5.75 Å². The minimum absolute atomic E-state index is 0.0658. The molecule has 1 aromatic carbocycles. The number of non-ortho nitro benzene ring substituents is 1. The van der Waals surface area contributed by atoms with Crippen molar-refractivity contribution in [2.24, 2.45) is 0 Å². The van der Waals surface area contributed by atoms with Crippen LogP contribution in [0, 0.1) is 10.1 Å². The van der Waals surface area contributed by atoms with E-state index >= 15 is 0 Å². The van der Waals surface area contributed by atoms with Crippen LogP contribution in [-0.4, -0.2) is 37.1 Å². The van der Waals surface area contributed by atoms with Crippen LogP contribution in [0.5, 0.6) is 5.75 Å². The number of aliphatic hydroxyl groups is 1. The molecule has 0 unspecified atom stereocenters. The summed E-state index contributed by atoms with van der Waals surface area (Å²) in [5.41, 5.74) is 0.0900. The zero-order valence-electron chi connectivity index (χ0n) is 9.70. The van der Waals surface area contributed by atoms with Crippen molar-refractivity contribution in [2.75, 3.05) is 18.6 Å². The fraction of sp³-hybridized carbons (Fsp3) is 0.400. The van der Waals surface area contributed by atoms with Gasteiger partial charge in [0, 0.05) is 24.0 Å². The monoisotopic (exact) mass is 275 g/mol. The molecule has 0 aliphatic heterocycles. The van der Waals surface area contributed by atoms with Crippen molar-refractivity contribution in [3.05, 3.63) is 33.9 Å². The first kappa shape index (κ1) is 14.4. The van der Waals surface area contributed by atoms with Gasteiger partial charge in [0.05, 0.1) is 17.3 Å². The number of nitro benzene ring substituents is 1. The van der Waals surface area contributed by atoms with Crippen molar-refractivity contribution in [3.63, 3.8) is 0 Å². The number of ether oxygens (including phenoxy) is 1. The molecular weight excluding hydrogens is 262 g/mol. The summed E-state index contributed by atoms with van der Waals surface area (Å²) < 4.78 is 27.0. The number of hydrogen-bond donors (Lipinski definition) is 1. The van der Waals surface area contributed by atoms with E-state index < -0.39 is 21.4 Å². The van der Waals surface area contributed by atoms with Gasteiger partial charge in [-0.25, -0.2) is 8.42 Å². The van der Waals surface area contributed by atoms with Crippen LogP contribution < -0.4 is 4.74 Å². The Morgan fingerprint density at radius 3 is 2.61 bits per heavy atom. The number of hydrogen-bond acceptors (Lipinski definition) is 6. The summed E-state index contributed by atoms with van der Waals surface area (Å²) in [5, 5.41) is 19.6. The number of benzene rings is 1. The quantitative estimate of drug-likeness (QED) is 0.598. The Balaban J connectivity index is 2.80. The van der Waals surface area contributed by atoms with E-state index in [0.29, 0.717) is 0 Å². The van der Waals surface area contributed by atoms with Gasteiger partial charge < -0.3 is 9.84 Å². The molecule has 0 aliphatic rings. The second kappa shape index (κ2) is 5.78. The lowest BCUT2D eigenvalue weighted by molar-refractivity contribution is -0.385. The number of nitrogens with zero attached hydrogens (tertiary/aromatic N) is 1. The van der Waals surface area contributed by atoms with Crippen LogP contribution >= 0.6 is 0 Å². The highest BCUT2D eigenvalue weighted by Crippen LogP contribution is 2.24. The molecule has 7 nitrogen and oxygen atoms in total. The van der Waals surface area contributed by atoms with Crippen LogP contribution in [0.25, 0.3) is 0 Å². The second-order valence-corrected chi connectivity index (χ2v) is 5.95. The Morgan fingerprint density at radius 1 is 1.44 bits per heavy atom. The Hall–Kier alpha value is -1.67. The summed E-state index contributed by atoms with van der Waals surface area (Å²) >= 11 is 0. The Labute approximate surface area is 104 Å². The average molecular weight is 275 g/mol. The van der Waals surface area contributed by atoms with Crippen molar-refractivity contribution >= 4 is 15.5 Å². The smallest absolute Gasteiger partial charge is 0.270 e. The fourth-order valence-corrected chi connectivity index (χ4v) is 1.63. The van der Waals surface area contributed by atoms with E-state index in [1.165, 1.54) is 18.2 Å². The van der Waals surface area contributed by atoms with E-state index in [-0.39, 0.29) is 29.4 Å². The maximum Gasteiger partial charge on any atom is 0.270 e. The summed E-state index contributed by atoms with van der Waals surface area (Å²) in [7, 11) is -3.13. The lowest BCUT2D eigenvalue weighted by atomic mass is 10.2. The summed E-state index contributed by atoms with van der Waals surface area (Å²) in [5.74, 6) is 0.0845. The van der Waals surface area contributed by atoms with Gasteiger partial charge in [-0.1, -0.05) is 0 Å². The predicted octanol–water partition coefficient (Wildman–Crippen LogP) is 0.511. The van der Waals surface area contributed by atoms with Crippen molar-refractivity contribution in [1.29, 1.82) is 0 Å². The van der Waals surface area contributed by atoms with Crippen LogP contribution in [0.15, 0.2) is 18.2 Å². The lowest BCUT2D eigenvalue weighted by Crippen LogP contribution is -2.12. The molecule has 0 bridgehead atoms. The molecule has 0 aromatic heterocycles. The van der Waals surface area contributed by atoms with Gasteiger partial charge in [0.1, 0.15) is 12.4 Å². The van der Waals surface area contributed by atoms with Gasteiger partial charge in [-0.15, -0.1) is 0 Å². The molecule has 0 aliphatic carbocycles. The summed E-state index contributed by atoms with van der Waals surface area (Å²) in [6.07, 6.45) is 1.08. The van der Waals surface area contributed by atoms with Crippen LogP contribution in [0.2, 0.25) is 0 Å². The third kappa shape index (κ3) is 4.30. The van der Waals surface area contributed by atoms with E-state index in [9.17, 15) is 18.5 Å². The molecule has 0 heterocycles. The number of aliphatic hydroxyl groups excluding tert-OH is 1. The Morgan fingerprint density at radius 2 is 2.11 bits per heavy atom. The van der Waals surface area contributed by atoms with Gasteiger partial charge in [0.25, 0.3) is 5.69 Å². The zero-order valence-corrected chi connectivity index (χ0v) is 10.5. The highest BCUT2D eigenvalue weighted by atomic mass is 32.2. The summed E-state index contributed by atoms with van der Waals surface area (Å²) in [4.78, 5) is 9.95. The van der Waals surface area contributed by atoms with Crippen LogP contribution in [0.4, 0.5) is 5.69 Å². The maximum atomic E-state index is 10.9. The molecule has 8 heteroatoms. The van der Waals surface area contributed by atoms with E-state index in [4.69, 9.17) is 9.84 Å². The van der Waals surface area contributed by atoms with Crippen molar-refractivity contribution < 1.29 is 23.2 Å². The van der Waals surface area contributed by atoms with Crippen molar-refractivity contribution in [2.45, 2.75) is 6.61 Å². The first-order chi connectivity index (χ1) is 8.33. The van der Waals surface area contributed by atoms with Crippen LogP contribution in [-0.2, 0) is 16.4 Å². The topological polar surface area (TPSA) is 107 Å². The molecule has 0 amide bonds. The highest BCUT2D eigenvalue weighted by molar-refractivity contribution is 7.90. The molecule has 1 aromatic rings. The fourth-order valence-electron chi connectivity index (χ4n) is 1.25. The normalized spacial score (nSPS) is 11.2. The molecule has 0 fully saturated rings. The maximum absolute atomic E-state index is 10.9. The Bertz CT molecular complexity index is 539. The lowest BCUT2D eigenvalue weighted by Gasteiger charge is -2.09. The molecule has 1 N–H and O–H groups in total. The van der Waals surface area contributed by atoms with Crippen LogP contribution in [0.1, 0.15) is 5.56 Å². The second-order valence-electron chi connectivity index (χ2n) is 3.69. The van der Waals surface area contributed by atoms with Crippen molar-refractivity contribution in [1.82, 2.24) is 0 Å². The SMILES string of the molecule is CS(=O)(=O)CCOc1ccc([N+](=O)[O-])cc1CO. The molecule has 0 saturated heterocycles. The summed E-state index contributed by atoms with van der Waals surface area (Å²) in [6.45, 7) is -0.487. The average Bonchev–Trinajstić information content (AvgIpc) is 2.27. The molecule has 0 atom stereocenters. The molecule has 18 heavy (non-hydrogen) atoms. The van der Waals surface area contributed by atoms with Gasteiger partial charge in [-0.2, -0.15) is 0 Å². The number of nitro groups is 1. The number of rotatable bonds is 6. The van der Waals surface area contributed by atoms with Gasteiger partial charge in [0.2, 0.25) is 0 Å². The van der Waals surface area contributed by atoms with E-state index in [1.807, 2.05) is 0 Å². The minimum Gasteiger partial charge on any atom is -0.492 e. The zero-order chi connectivity index (χ0) is 13.8. The molecular formula is C10H13NO6S. The van der Waals surface area contributed by atoms with Gasteiger partial charge in [-0.05, 0) is 6.07 Å². The largest absolute Gasteiger partial charge is 0.492 e. The van der Waals surface area contributed by atoms with Crippen LogP contribution in [0.3, 0.4) is 0 Å². The van der Waals surface area contributed by atoms with E-state index in [1.54, 1.807) is 0 Å². The predicted molar refractivity (Wildman–Crippen MR) is 64.2 cm³/mol. The molecule has 0 spiro atoms. The first-order valence-corrected chi connectivity index (χ1v) is 7.08. The molecule has 100 valence electrons. The standard InChI is InChI=1S/C10H13NO6S/c1-18(15,16)5-4-17-10-3-2-9(11(13)14)6-8(10)7-12/h2-3,6,12H,4-5,7H2,1H3. The van der Waals surface area contributed by atoms with E-state index in [0.717, 1.165) is 6.26 Å². The number of sulfone groups is 1. The molecule has 0 saturated carbocycles. The third-order valence-electron chi connectivity index (χ3n) is 2.14. The molecule has 0 radical (unpaired) electrons. The van der Waals surface area contributed by atoms with Gasteiger partial charge in [0.15, 0.2) is 9.84 Å². The summed E-state index contributed by atoms with van der Waals surface area (Å²) in [6, 6.07) is 3.76. The van der Waals surface area contributed by atoms with Gasteiger partial charge >= 0.3 is 0 Å². The highest BCUT2D eigenvalue weighted by Gasteiger charge is 2.11. The molecule has 1 rings (SSSR count). The van der Waals surface area contributed by atoms with E-state index in [2.05, 4.69) is 0 Å². The van der Waals surface area contributed by atoms with Gasteiger partial charge in [-0.3, -0.25) is 10.1 Å². The third-order valence-corrected chi connectivity index (χ3v) is 3.05. The first-order valence-electron chi connectivity index (χ1n) is 5.02.